The zero-order valence-electron chi connectivity index (χ0n) is 13.4. The Morgan fingerprint density at radius 3 is 2.77 bits per heavy atom. The van der Waals surface area contributed by atoms with Gasteiger partial charge in [0.25, 0.3) is 0 Å². The molecule has 0 spiro atoms. The average molecular weight is 322 g/mol. The molecule has 0 saturated carbocycles. The fraction of sp³-hybridized carbons (Fsp3) is 0.471. The summed E-state index contributed by atoms with van der Waals surface area (Å²) in [6, 6.07) is 8.25. The van der Waals surface area contributed by atoms with Gasteiger partial charge < -0.3 is 10.4 Å². The lowest BCUT2D eigenvalue weighted by atomic mass is 10.0. The van der Waals surface area contributed by atoms with Crippen LogP contribution in [0.1, 0.15) is 41.9 Å². The Bertz CT molecular complexity index is 624. The first-order valence-corrected chi connectivity index (χ1v) is 8.07. The van der Waals surface area contributed by atoms with Crippen LogP contribution in [0.4, 0.5) is 0 Å². The summed E-state index contributed by atoms with van der Waals surface area (Å²) in [7, 11) is 0. The van der Waals surface area contributed by atoms with E-state index in [1.54, 1.807) is 0 Å². The van der Waals surface area contributed by atoms with E-state index >= 15 is 0 Å². The first-order valence-electron chi connectivity index (χ1n) is 7.69. The van der Waals surface area contributed by atoms with E-state index in [4.69, 9.17) is 16.7 Å². The predicted octanol–water partition coefficient (Wildman–Crippen LogP) is 3.39. The van der Waals surface area contributed by atoms with Crippen molar-refractivity contribution in [3.05, 3.63) is 51.8 Å². The second-order valence-corrected chi connectivity index (χ2v) is 5.93. The highest BCUT2D eigenvalue weighted by Crippen LogP contribution is 2.22. The van der Waals surface area contributed by atoms with Gasteiger partial charge in [-0.1, -0.05) is 30.7 Å². The zero-order chi connectivity index (χ0) is 16.1. The Hall–Kier alpha value is -1.36. The van der Waals surface area contributed by atoms with E-state index in [1.807, 2.05) is 36.7 Å². The molecule has 2 rings (SSSR count). The zero-order valence-corrected chi connectivity index (χ0v) is 14.2. The molecule has 22 heavy (non-hydrogen) atoms. The smallest absolute Gasteiger partial charge is 0.0644 e. The third-order valence-corrected chi connectivity index (χ3v) is 4.26. The van der Waals surface area contributed by atoms with Gasteiger partial charge in [-0.3, -0.25) is 4.68 Å². The molecule has 1 unspecified atom stereocenters. The van der Waals surface area contributed by atoms with Crippen molar-refractivity contribution in [1.82, 2.24) is 15.1 Å². The largest absolute Gasteiger partial charge is 0.394 e. The van der Waals surface area contributed by atoms with Crippen LogP contribution in [0, 0.1) is 13.8 Å². The number of aliphatic hydroxyl groups is 1. The lowest BCUT2D eigenvalue weighted by Crippen LogP contribution is -2.21. The minimum absolute atomic E-state index is 0.106. The van der Waals surface area contributed by atoms with Crippen LogP contribution in [0.5, 0.6) is 0 Å². The summed E-state index contributed by atoms with van der Waals surface area (Å²) in [5.41, 5.74) is 4.53. The predicted molar refractivity (Wildman–Crippen MR) is 90.1 cm³/mol. The maximum atomic E-state index is 9.09. The van der Waals surface area contributed by atoms with E-state index in [2.05, 4.69) is 23.4 Å². The summed E-state index contributed by atoms with van der Waals surface area (Å²) in [6.45, 7) is 7.62. The molecule has 0 aliphatic heterocycles. The van der Waals surface area contributed by atoms with E-state index < -0.39 is 0 Å². The third kappa shape index (κ3) is 3.88. The molecular weight excluding hydrogens is 298 g/mol. The lowest BCUT2D eigenvalue weighted by Gasteiger charge is -2.18. The summed E-state index contributed by atoms with van der Waals surface area (Å²) < 4.78 is 1.87. The molecule has 5 heteroatoms. The molecule has 4 nitrogen and oxygen atoms in total. The van der Waals surface area contributed by atoms with E-state index in [0.29, 0.717) is 6.54 Å². The number of aliphatic hydroxyl groups excluding tert-OH is 1. The summed E-state index contributed by atoms with van der Waals surface area (Å²) in [5, 5.41) is 17.9. The molecule has 1 atom stereocenters. The SMILES string of the molecule is CCC(NCc1c(C)nn(CCO)c1C)c1cccc(Cl)c1. The van der Waals surface area contributed by atoms with Gasteiger partial charge in [0.2, 0.25) is 0 Å². The number of benzene rings is 1. The second kappa shape index (κ2) is 7.77. The van der Waals surface area contributed by atoms with Gasteiger partial charge in [-0.25, -0.2) is 0 Å². The average Bonchev–Trinajstić information content (AvgIpc) is 2.75. The summed E-state index contributed by atoms with van der Waals surface area (Å²) in [5.74, 6) is 0. The molecule has 0 bridgehead atoms. The molecule has 0 saturated heterocycles. The molecule has 0 aliphatic carbocycles. The van der Waals surface area contributed by atoms with Crippen LogP contribution in [0.2, 0.25) is 5.02 Å². The standard InChI is InChI=1S/C17H24ClN3O/c1-4-17(14-6-5-7-15(18)10-14)19-11-16-12(2)20-21(8-9-22)13(16)3/h5-7,10,17,19,22H,4,8-9,11H2,1-3H3. The molecule has 0 amide bonds. The Morgan fingerprint density at radius 1 is 1.36 bits per heavy atom. The number of rotatable bonds is 7. The molecule has 0 fully saturated rings. The van der Waals surface area contributed by atoms with Crippen LogP contribution in [0.15, 0.2) is 24.3 Å². The highest BCUT2D eigenvalue weighted by Gasteiger charge is 2.14. The van der Waals surface area contributed by atoms with E-state index in [-0.39, 0.29) is 12.6 Å². The van der Waals surface area contributed by atoms with E-state index in [1.165, 1.54) is 11.1 Å². The maximum absolute atomic E-state index is 9.09. The van der Waals surface area contributed by atoms with E-state index in [9.17, 15) is 0 Å². The normalized spacial score (nSPS) is 12.6. The summed E-state index contributed by atoms with van der Waals surface area (Å²) in [4.78, 5) is 0. The molecule has 120 valence electrons. The van der Waals surface area contributed by atoms with Crippen molar-refractivity contribution in [2.45, 2.75) is 46.3 Å². The number of halogens is 1. The molecule has 0 aliphatic rings. The van der Waals surface area contributed by atoms with Gasteiger partial charge in [0, 0.05) is 28.9 Å². The van der Waals surface area contributed by atoms with E-state index in [0.717, 1.165) is 29.4 Å². The lowest BCUT2D eigenvalue weighted by molar-refractivity contribution is 0.267. The quantitative estimate of drug-likeness (QED) is 0.822. The minimum Gasteiger partial charge on any atom is -0.394 e. The van der Waals surface area contributed by atoms with Crippen LogP contribution < -0.4 is 5.32 Å². The third-order valence-electron chi connectivity index (χ3n) is 4.03. The van der Waals surface area contributed by atoms with Crippen LogP contribution in [-0.4, -0.2) is 21.5 Å². The van der Waals surface area contributed by atoms with Crippen molar-refractivity contribution >= 4 is 11.6 Å². The van der Waals surface area contributed by atoms with Crippen molar-refractivity contribution < 1.29 is 5.11 Å². The second-order valence-electron chi connectivity index (χ2n) is 5.49. The van der Waals surface area contributed by atoms with Crippen molar-refractivity contribution in [2.75, 3.05) is 6.61 Å². The molecule has 1 heterocycles. The van der Waals surface area contributed by atoms with Crippen LogP contribution in [0.3, 0.4) is 0 Å². The Balaban J connectivity index is 2.11. The van der Waals surface area contributed by atoms with Gasteiger partial charge in [0.05, 0.1) is 18.8 Å². The van der Waals surface area contributed by atoms with Crippen LogP contribution >= 0.6 is 11.6 Å². The number of hydrogen-bond acceptors (Lipinski definition) is 3. The van der Waals surface area contributed by atoms with Crippen LogP contribution in [0.25, 0.3) is 0 Å². The topological polar surface area (TPSA) is 50.1 Å². The molecule has 1 aromatic carbocycles. The van der Waals surface area contributed by atoms with Gasteiger partial charge in [-0.05, 0) is 38.0 Å². The minimum atomic E-state index is 0.106. The molecule has 2 N–H and O–H groups in total. The van der Waals surface area contributed by atoms with Gasteiger partial charge >= 0.3 is 0 Å². The fourth-order valence-corrected chi connectivity index (χ4v) is 2.95. The Kier molecular flexibility index (Phi) is 6.00. The number of hydrogen-bond donors (Lipinski definition) is 2. The first kappa shape index (κ1) is 17.0. The molecule has 1 aromatic heterocycles. The summed E-state index contributed by atoms with van der Waals surface area (Å²) >= 11 is 6.09. The first-order chi connectivity index (χ1) is 10.6. The molecule has 0 radical (unpaired) electrons. The summed E-state index contributed by atoms with van der Waals surface area (Å²) in [6.07, 6.45) is 0.989. The fourth-order valence-electron chi connectivity index (χ4n) is 2.75. The Labute approximate surface area is 137 Å². The van der Waals surface area contributed by atoms with Gasteiger partial charge in [0.1, 0.15) is 0 Å². The monoisotopic (exact) mass is 321 g/mol. The number of nitrogens with zero attached hydrogens (tertiary/aromatic N) is 2. The molecular formula is C17H24ClN3O. The van der Waals surface area contributed by atoms with Crippen molar-refractivity contribution in [2.24, 2.45) is 0 Å². The maximum Gasteiger partial charge on any atom is 0.0644 e. The van der Waals surface area contributed by atoms with Crippen molar-refractivity contribution in [3.8, 4) is 0 Å². The van der Waals surface area contributed by atoms with Gasteiger partial charge in [-0.2, -0.15) is 5.10 Å². The van der Waals surface area contributed by atoms with Crippen LogP contribution in [-0.2, 0) is 13.1 Å². The highest BCUT2D eigenvalue weighted by molar-refractivity contribution is 6.30. The van der Waals surface area contributed by atoms with Gasteiger partial charge in [-0.15, -0.1) is 0 Å². The molecule has 2 aromatic rings. The van der Waals surface area contributed by atoms with Crippen molar-refractivity contribution in [3.63, 3.8) is 0 Å². The highest BCUT2D eigenvalue weighted by atomic mass is 35.5. The van der Waals surface area contributed by atoms with Crippen molar-refractivity contribution in [1.29, 1.82) is 0 Å². The Morgan fingerprint density at radius 2 is 2.14 bits per heavy atom. The number of nitrogens with one attached hydrogen (secondary N) is 1. The number of aryl methyl sites for hydroxylation is 1. The van der Waals surface area contributed by atoms with Gasteiger partial charge in [0.15, 0.2) is 0 Å². The number of aromatic nitrogens is 2.